The van der Waals surface area contributed by atoms with Gasteiger partial charge in [0.05, 0.1) is 5.69 Å². The summed E-state index contributed by atoms with van der Waals surface area (Å²) >= 11 is 3.45. The van der Waals surface area contributed by atoms with Crippen LogP contribution in [0.4, 0.5) is 0 Å². The molecule has 3 rings (SSSR count). The summed E-state index contributed by atoms with van der Waals surface area (Å²) in [4.78, 5) is 8.16. The van der Waals surface area contributed by atoms with Crippen molar-refractivity contribution in [2.45, 2.75) is 19.3 Å². The number of H-pyrrole nitrogens is 1. The van der Waals surface area contributed by atoms with Crippen LogP contribution in [0, 0.1) is 5.92 Å². The molecule has 1 aromatic heterocycles. The van der Waals surface area contributed by atoms with E-state index < -0.39 is 0 Å². The number of nitrogens with one attached hydrogen (secondary N) is 1. The molecule has 1 aliphatic carbocycles. The minimum atomic E-state index is 0.607. The molecule has 1 unspecified atom stereocenters. The van der Waals surface area contributed by atoms with Crippen molar-refractivity contribution in [1.29, 1.82) is 0 Å². The highest BCUT2D eigenvalue weighted by Crippen LogP contribution is 2.27. The molecule has 0 spiro atoms. The number of nitrogens with two attached hydrogens (primary N) is 1. The third kappa shape index (κ3) is 2.22. The molecule has 0 saturated heterocycles. The van der Waals surface area contributed by atoms with Gasteiger partial charge in [-0.1, -0.05) is 28.1 Å². The molecule has 1 atom stereocenters. The number of imidazole rings is 1. The summed E-state index contributed by atoms with van der Waals surface area (Å²) in [5.74, 6) is 1.58. The van der Waals surface area contributed by atoms with Crippen molar-refractivity contribution in [3.63, 3.8) is 0 Å². The number of hydrogen-bond acceptors (Lipinski definition) is 2. The first kappa shape index (κ1) is 11.9. The minimum absolute atomic E-state index is 0.607. The maximum absolute atomic E-state index is 5.76. The van der Waals surface area contributed by atoms with Gasteiger partial charge in [-0.25, -0.2) is 4.98 Å². The van der Waals surface area contributed by atoms with E-state index in [0.717, 1.165) is 41.7 Å². The quantitative estimate of drug-likeness (QED) is 0.896. The minimum Gasteiger partial charge on any atom is -0.342 e. The molecule has 0 bridgehead atoms. The topological polar surface area (TPSA) is 54.7 Å². The van der Waals surface area contributed by atoms with E-state index in [9.17, 15) is 0 Å². The molecule has 1 heterocycles. The van der Waals surface area contributed by atoms with E-state index in [2.05, 4.69) is 33.0 Å². The Morgan fingerprint density at radius 2 is 2.11 bits per heavy atom. The predicted octanol–water partition coefficient (Wildman–Crippen LogP) is 2.90. The average Bonchev–Trinajstić information content (AvgIpc) is 2.82. The number of hydrogen-bond donors (Lipinski definition) is 2. The smallest absolute Gasteiger partial charge is 0.137 e. The number of benzene rings is 1. The normalized spacial score (nSPS) is 18.7. The second kappa shape index (κ2) is 4.86. The molecule has 2 aromatic rings. The third-order valence-corrected chi connectivity index (χ3v) is 4.13. The van der Waals surface area contributed by atoms with E-state index in [1.165, 1.54) is 11.4 Å². The molecule has 0 aliphatic heterocycles. The van der Waals surface area contributed by atoms with Crippen molar-refractivity contribution in [3.8, 4) is 11.4 Å². The first-order valence-electron chi connectivity index (χ1n) is 6.30. The van der Waals surface area contributed by atoms with Crippen LogP contribution in [0.1, 0.15) is 17.8 Å². The summed E-state index contributed by atoms with van der Waals surface area (Å²) < 4.78 is 1.09. The summed E-state index contributed by atoms with van der Waals surface area (Å²) in [5.41, 5.74) is 9.38. The largest absolute Gasteiger partial charge is 0.342 e. The molecular weight excluding hydrogens is 290 g/mol. The van der Waals surface area contributed by atoms with Gasteiger partial charge >= 0.3 is 0 Å². The monoisotopic (exact) mass is 305 g/mol. The summed E-state index contributed by atoms with van der Waals surface area (Å²) in [6.07, 6.45) is 3.24. The van der Waals surface area contributed by atoms with Crippen molar-refractivity contribution >= 4 is 15.9 Å². The number of nitrogens with zero attached hydrogens (tertiary/aromatic N) is 1. The van der Waals surface area contributed by atoms with E-state index in [0.29, 0.717) is 5.92 Å². The Bertz CT molecular complexity index is 545. The van der Waals surface area contributed by atoms with Crippen LogP contribution in [-0.4, -0.2) is 16.5 Å². The highest BCUT2D eigenvalue weighted by molar-refractivity contribution is 9.10. The van der Waals surface area contributed by atoms with Crippen LogP contribution in [-0.2, 0) is 12.8 Å². The van der Waals surface area contributed by atoms with Gasteiger partial charge in [0.1, 0.15) is 5.82 Å². The fourth-order valence-electron chi connectivity index (χ4n) is 2.50. The molecule has 0 fully saturated rings. The lowest BCUT2D eigenvalue weighted by Gasteiger charge is -2.18. The zero-order chi connectivity index (χ0) is 12.5. The molecule has 0 saturated carbocycles. The lowest BCUT2D eigenvalue weighted by atomic mass is 9.90. The predicted molar refractivity (Wildman–Crippen MR) is 76.3 cm³/mol. The van der Waals surface area contributed by atoms with Crippen LogP contribution in [0.5, 0.6) is 0 Å². The molecular formula is C14H16BrN3. The Kier molecular flexibility index (Phi) is 3.22. The van der Waals surface area contributed by atoms with Gasteiger partial charge < -0.3 is 10.7 Å². The standard InChI is InChI=1S/C14H16BrN3/c15-11-4-2-10(3-5-11)14-17-12-6-1-9(8-16)7-13(12)18-14/h2-5,9H,1,6-8,16H2,(H,17,18). The fourth-order valence-corrected chi connectivity index (χ4v) is 2.76. The number of aromatic nitrogens is 2. The van der Waals surface area contributed by atoms with Crippen LogP contribution in [0.25, 0.3) is 11.4 Å². The van der Waals surface area contributed by atoms with E-state index in [-0.39, 0.29) is 0 Å². The summed E-state index contributed by atoms with van der Waals surface area (Å²) in [5, 5.41) is 0. The highest BCUT2D eigenvalue weighted by atomic mass is 79.9. The summed E-state index contributed by atoms with van der Waals surface area (Å²) in [7, 11) is 0. The first-order valence-corrected chi connectivity index (χ1v) is 7.09. The van der Waals surface area contributed by atoms with Crippen molar-refractivity contribution in [3.05, 3.63) is 40.1 Å². The van der Waals surface area contributed by atoms with Crippen molar-refractivity contribution in [2.75, 3.05) is 6.54 Å². The number of fused-ring (bicyclic) bond motifs is 1. The molecule has 3 nitrogen and oxygen atoms in total. The van der Waals surface area contributed by atoms with Crippen LogP contribution in [0.15, 0.2) is 28.7 Å². The molecule has 0 radical (unpaired) electrons. The zero-order valence-electron chi connectivity index (χ0n) is 10.1. The Morgan fingerprint density at radius 3 is 2.83 bits per heavy atom. The first-order chi connectivity index (χ1) is 8.76. The highest BCUT2D eigenvalue weighted by Gasteiger charge is 2.21. The lowest BCUT2D eigenvalue weighted by molar-refractivity contribution is 0.461. The van der Waals surface area contributed by atoms with Gasteiger partial charge in [0.25, 0.3) is 0 Å². The van der Waals surface area contributed by atoms with Gasteiger partial charge in [0, 0.05) is 15.7 Å². The maximum atomic E-state index is 5.76. The second-order valence-corrected chi connectivity index (χ2v) is 5.78. The maximum Gasteiger partial charge on any atom is 0.137 e. The second-order valence-electron chi connectivity index (χ2n) is 4.86. The van der Waals surface area contributed by atoms with Gasteiger partial charge in [-0.3, -0.25) is 0 Å². The number of aryl methyl sites for hydroxylation is 1. The molecule has 3 N–H and O–H groups in total. The molecule has 4 heteroatoms. The van der Waals surface area contributed by atoms with E-state index in [4.69, 9.17) is 10.7 Å². The van der Waals surface area contributed by atoms with E-state index >= 15 is 0 Å². The van der Waals surface area contributed by atoms with Gasteiger partial charge in [0.2, 0.25) is 0 Å². The van der Waals surface area contributed by atoms with Gasteiger partial charge in [-0.05, 0) is 43.9 Å². The Morgan fingerprint density at radius 1 is 1.33 bits per heavy atom. The van der Waals surface area contributed by atoms with Gasteiger partial charge in [0.15, 0.2) is 0 Å². The molecule has 1 aliphatic rings. The summed E-state index contributed by atoms with van der Waals surface area (Å²) in [6.45, 7) is 0.770. The SMILES string of the molecule is NCC1CCc2nc(-c3ccc(Br)cc3)[nH]c2C1. The Balaban J connectivity index is 1.91. The van der Waals surface area contributed by atoms with Crippen molar-refractivity contribution in [1.82, 2.24) is 9.97 Å². The Labute approximate surface area is 115 Å². The van der Waals surface area contributed by atoms with Gasteiger partial charge in [-0.2, -0.15) is 0 Å². The lowest BCUT2D eigenvalue weighted by Crippen LogP contribution is -2.22. The van der Waals surface area contributed by atoms with Gasteiger partial charge in [-0.15, -0.1) is 0 Å². The van der Waals surface area contributed by atoms with Crippen molar-refractivity contribution in [2.24, 2.45) is 11.7 Å². The van der Waals surface area contributed by atoms with E-state index in [1.54, 1.807) is 0 Å². The fraction of sp³-hybridized carbons (Fsp3) is 0.357. The Hall–Kier alpha value is -1.13. The van der Waals surface area contributed by atoms with Crippen molar-refractivity contribution < 1.29 is 0 Å². The third-order valence-electron chi connectivity index (χ3n) is 3.60. The molecule has 1 aromatic carbocycles. The van der Waals surface area contributed by atoms with Crippen LogP contribution in [0.2, 0.25) is 0 Å². The zero-order valence-corrected chi connectivity index (χ0v) is 11.7. The van der Waals surface area contributed by atoms with Crippen LogP contribution >= 0.6 is 15.9 Å². The number of rotatable bonds is 2. The van der Waals surface area contributed by atoms with E-state index in [1.807, 2.05) is 12.1 Å². The average molecular weight is 306 g/mol. The molecule has 94 valence electrons. The summed E-state index contributed by atoms with van der Waals surface area (Å²) in [6, 6.07) is 8.24. The number of halogens is 1. The molecule has 18 heavy (non-hydrogen) atoms. The number of aromatic amines is 1. The van der Waals surface area contributed by atoms with Crippen LogP contribution in [0.3, 0.4) is 0 Å². The molecule has 0 amide bonds. The van der Waals surface area contributed by atoms with Crippen LogP contribution < -0.4 is 5.73 Å².